The molecule has 3 unspecified atom stereocenters. The van der Waals surface area contributed by atoms with E-state index in [4.69, 9.17) is 9.72 Å². The maximum atomic E-state index is 13.3. The summed E-state index contributed by atoms with van der Waals surface area (Å²) >= 11 is 0. The standard InChI is InChI=1S/C30H39N5O6/c1-17(2)25-26(37)32-24(16-36)27(38)35-14-6-7-22(34-35)28(39)41-18(3)21-11-10-20-9-8-19(15-23(20)31-21)12-13-30(4,5)29(40)33-25/h8-13,15,17-18,22,24-25,34,36H,6-7,14,16H2,1-5H3,(H,32,37)(H,33,40)/b13-12+/t18-,22?,24?,25?/m1/s1. The summed E-state index contributed by atoms with van der Waals surface area (Å²) in [5, 5.41) is 17.5. The molecule has 0 saturated carbocycles. The second-order valence-corrected chi connectivity index (χ2v) is 11.6. The molecule has 1 aromatic heterocycles. The molecule has 4 N–H and O–H groups in total. The molecule has 0 radical (unpaired) electrons. The first kappa shape index (κ1) is 30.1. The smallest absolute Gasteiger partial charge is 0.325 e. The molecule has 2 aromatic rings. The molecule has 3 amide bonds. The van der Waals surface area contributed by atoms with Crippen molar-refractivity contribution in [3.8, 4) is 0 Å². The zero-order valence-electron chi connectivity index (χ0n) is 24.1. The number of hydrogen-bond donors (Lipinski definition) is 4. The molecule has 0 aliphatic carbocycles. The third-order valence-corrected chi connectivity index (χ3v) is 7.49. The summed E-state index contributed by atoms with van der Waals surface area (Å²) in [7, 11) is 0. The van der Waals surface area contributed by atoms with E-state index in [1.165, 1.54) is 5.01 Å². The highest BCUT2D eigenvalue weighted by atomic mass is 16.5. The molecule has 11 nitrogen and oxygen atoms in total. The lowest BCUT2D eigenvalue weighted by atomic mass is 9.89. The minimum absolute atomic E-state index is 0.282. The topological polar surface area (TPSA) is 150 Å². The van der Waals surface area contributed by atoms with Gasteiger partial charge in [-0.15, -0.1) is 0 Å². The summed E-state index contributed by atoms with van der Waals surface area (Å²) in [4.78, 5) is 57.6. The molecular weight excluding hydrogens is 526 g/mol. The average Bonchev–Trinajstić information content (AvgIpc) is 2.95. The molecule has 220 valence electrons. The number of carbonyl (C=O) groups excluding carboxylic acids is 4. The van der Waals surface area contributed by atoms with Gasteiger partial charge in [0.2, 0.25) is 11.8 Å². The fourth-order valence-corrected chi connectivity index (χ4v) is 4.79. The van der Waals surface area contributed by atoms with Gasteiger partial charge in [0, 0.05) is 11.9 Å². The zero-order valence-corrected chi connectivity index (χ0v) is 24.1. The number of amides is 3. The van der Waals surface area contributed by atoms with E-state index >= 15 is 0 Å². The Kier molecular flexibility index (Phi) is 9.08. The van der Waals surface area contributed by atoms with Gasteiger partial charge in [-0.05, 0) is 57.2 Å². The summed E-state index contributed by atoms with van der Waals surface area (Å²) in [6.45, 7) is 8.42. The maximum absolute atomic E-state index is 13.3. The van der Waals surface area contributed by atoms with E-state index in [-0.39, 0.29) is 18.4 Å². The summed E-state index contributed by atoms with van der Waals surface area (Å²) in [5.41, 5.74) is 4.03. The van der Waals surface area contributed by atoms with E-state index in [1.54, 1.807) is 40.7 Å². The van der Waals surface area contributed by atoms with Crippen LogP contribution in [0.2, 0.25) is 0 Å². The number of esters is 1. The first-order valence-corrected chi connectivity index (χ1v) is 14.0. The number of ether oxygens (including phenoxy) is 1. The second kappa shape index (κ2) is 12.4. The van der Waals surface area contributed by atoms with E-state index in [2.05, 4.69) is 16.1 Å². The minimum atomic E-state index is -1.27. The van der Waals surface area contributed by atoms with Crippen LogP contribution in [0.4, 0.5) is 0 Å². The summed E-state index contributed by atoms with van der Waals surface area (Å²) in [5.74, 6) is -2.39. The van der Waals surface area contributed by atoms with Gasteiger partial charge in [-0.2, -0.15) is 0 Å². The van der Waals surface area contributed by atoms with Crippen molar-refractivity contribution in [3.63, 3.8) is 0 Å². The van der Waals surface area contributed by atoms with Crippen LogP contribution in [-0.4, -0.2) is 70.1 Å². The number of fused-ring (bicyclic) bond motifs is 4. The second-order valence-electron chi connectivity index (χ2n) is 11.6. The van der Waals surface area contributed by atoms with Crippen LogP contribution in [0.5, 0.6) is 0 Å². The number of nitrogens with zero attached hydrogens (tertiary/aromatic N) is 2. The molecule has 4 rings (SSSR count). The zero-order chi connectivity index (χ0) is 29.9. The monoisotopic (exact) mass is 565 g/mol. The van der Waals surface area contributed by atoms with Crippen LogP contribution in [0.1, 0.15) is 64.8 Å². The molecule has 2 aliphatic rings. The summed E-state index contributed by atoms with van der Waals surface area (Å²) in [6, 6.07) is 6.45. The van der Waals surface area contributed by atoms with Crippen molar-refractivity contribution in [3.05, 3.63) is 47.7 Å². The molecule has 0 spiro atoms. The molecule has 5 bridgehead atoms. The number of aliphatic hydroxyl groups is 1. The van der Waals surface area contributed by atoms with Crippen LogP contribution in [0.3, 0.4) is 0 Å². The van der Waals surface area contributed by atoms with Gasteiger partial charge in [0.25, 0.3) is 5.91 Å². The molecule has 1 aromatic carbocycles. The largest absolute Gasteiger partial charge is 0.455 e. The van der Waals surface area contributed by atoms with Crippen LogP contribution in [0, 0.1) is 11.3 Å². The fourth-order valence-electron chi connectivity index (χ4n) is 4.79. The number of cyclic esters (lactones) is 1. The Hall–Kier alpha value is -3.83. The van der Waals surface area contributed by atoms with Crippen molar-refractivity contribution in [2.75, 3.05) is 13.2 Å². The van der Waals surface area contributed by atoms with E-state index in [0.717, 1.165) is 10.9 Å². The minimum Gasteiger partial charge on any atom is -0.455 e. The van der Waals surface area contributed by atoms with Crippen LogP contribution in [0.15, 0.2) is 36.4 Å². The lowest BCUT2D eigenvalue weighted by molar-refractivity contribution is -0.157. The first-order valence-electron chi connectivity index (χ1n) is 14.0. The molecule has 41 heavy (non-hydrogen) atoms. The van der Waals surface area contributed by atoms with Gasteiger partial charge in [0.05, 0.1) is 23.2 Å². The van der Waals surface area contributed by atoms with Gasteiger partial charge < -0.3 is 20.5 Å². The third-order valence-electron chi connectivity index (χ3n) is 7.49. The predicted octanol–water partition coefficient (Wildman–Crippen LogP) is 2.01. The van der Waals surface area contributed by atoms with E-state index in [9.17, 15) is 24.3 Å². The number of carbonyl (C=O) groups is 4. The number of hydrogen-bond acceptors (Lipinski definition) is 8. The van der Waals surface area contributed by atoms with Crippen molar-refractivity contribution in [2.45, 2.75) is 71.7 Å². The Balaban J connectivity index is 1.72. The van der Waals surface area contributed by atoms with Crippen molar-refractivity contribution < 1.29 is 29.0 Å². The number of pyridine rings is 1. The van der Waals surface area contributed by atoms with Crippen LogP contribution in [-0.2, 0) is 23.9 Å². The number of rotatable bonds is 2. The number of benzene rings is 1. The molecule has 4 atom stereocenters. The predicted molar refractivity (Wildman–Crippen MR) is 153 cm³/mol. The number of hydrazine groups is 1. The summed E-state index contributed by atoms with van der Waals surface area (Å²) in [6.07, 6.45) is 3.90. The maximum Gasteiger partial charge on any atom is 0.325 e. The Labute approximate surface area is 239 Å². The normalized spacial score (nSPS) is 26.9. The fraction of sp³-hybridized carbons (Fsp3) is 0.500. The van der Waals surface area contributed by atoms with Crippen molar-refractivity contribution >= 4 is 40.7 Å². The highest BCUT2D eigenvalue weighted by Gasteiger charge is 2.36. The lowest BCUT2D eigenvalue weighted by Gasteiger charge is -2.35. The van der Waals surface area contributed by atoms with Gasteiger partial charge in [0.1, 0.15) is 24.2 Å². The molecular formula is C30H39N5O6. The Morgan fingerprint density at radius 3 is 2.56 bits per heavy atom. The van der Waals surface area contributed by atoms with Crippen molar-refractivity contribution in [1.29, 1.82) is 0 Å². The van der Waals surface area contributed by atoms with Gasteiger partial charge in [0.15, 0.2) is 0 Å². The quantitative estimate of drug-likeness (QED) is 0.404. The number of aliphatic hydroxyl groups excluding tert-OH is 1. The number of aromatic nitrogens is 1. The first-order chi connectivity index (χ1) is 19.4. The lowest BCUT2D eigenvalue weighted by Crippen LogP contribution is -2.62. The highest BCUT2D eigenvalue weighted by Crippen LogP contribution is 2.24. The van der Waals surface area contributed by atoms with Gasteiger partial charge in [-0.3, -0.25) is 24.2 Å². The molecule has 11 heteroatoms. The van der Waals surface area contributed by atoms with Crippen molar-refractivity contribution in [2.24, 2.45) is 11.3 Å². The van der Waals surface area contributed by atoms with Crippen molar-refractivity contribution in [1.82, 2.24) is 26.1 Å². The van der Waals surface area contributed by atoms with Gasteiger partial charge >= 0.3 is 5.97 Å². The molecule has 1 saturated heterocycles. The van der Waals surface area contributed by atoms with E-state index in [1.807, 2.05) is 36.4 Å². The molecule has 3 heterocycles. The Morgan fingerprint density at radius 2 is 1.85 bits per heavy atom. The van der Waals surface area contributed by atoms with Gasteiger partial charge in [-0.25, -0.2) is 10.4 Å². The van der Waals surface area contributed by atoms with Crippen LogP contribution in [0.25, 0.3) is 17.0 Å². The highest BCUT2D eigenvalue weighted by molar-refractivity contribution is 5.94. The average molecular weight is 566 g/mol. The van der Waals surface area contributed by atoms with Gasteiger partial charge in [-0.1, -0.05) is 44.2 Å². The van der Waals surface area contributed by atoms with E-state index in [0.29, 0.717) is 24.1 Å². The number of nitrogens with one attached hydrogen (secondary N) is 3. The van der Waals surface area contributed by atoms with Crippen LogP contribution < -0.4 is 16.1 Å². The Morgan fingerprint density at radius 1 is 1.12 bits per heavy atom. The molecule has 1 fully saturated rings. The Bertz CT molecular complexity index is 1360. The third kappa shape index (κ3) is 6.91. The van der Waals surface area contributed by atoms with E-state index < -0.39 is 54.0 Å². The summed E-state index contributed by atoms with van der Waals surface area (Å²) < 4.78 is 5.72. The van der Waals surface area contributed by atoms with Crippen LogP contribution >= 0.6 is 0 Å². The molecule has 2 aliphatic heterocycles. The SMILES string of the molecule is CC(C)C1NC(=O)C(C)(C)/C=C/c2ccc3ccc(nc3c2)[C@@H](C)OC(=O)C2CCCN(N2)C(=O)C(CO)NC1=O.